The van der Waals surface area contributed by atoms with Gasteiger partial charge in [-0.05, 0) is 0 Å². The predicted molar refractivity (Wildman–Crippen MR) is 34.6 cm³/mol. The number of halogens is 2. The fourth-order valence-corrected chi connectivity index (χ4v) is 0.935. The number of hydrogen-bond donors (Lipinski definition) is 0. The van der Waals surface area contributed by atoms with Gasteiger partial charge < -0.3 is 4.90 Å². The van der Waals surface area contributed by atoms with Gasteiger partial charge in [0.1, 0.15) is 0 Å². The van der Waals surface area contributed by atoms with Gasteiger partial charge in [-0.2, -0.15) is 8.78 Å². The van der Waals surface area contributed by atoms with Crippen LogP contribution in [0.25, 0.3) is 0 Å². The highest BCUT2D eigenvalue weighted by Crippen LogP contribution is 2.17. The van der Waals surface area contributed by atoms with Crippen LogP contribution in [0.15, 0.2) is 11.9 Å². The van der Waals surface area contributed by atoms with Crippen LogP contribution in [0.3, 0.4) is 0 Å². The number of allylic oxidation sites excluding steroid dienone is 1. The van der Waals surface area contributed by atoms with Crippen LogP contribution in [-0.4, -0.2) is 36.4 Å². The smallest absolute Gasteiger partial charge is 0.316 e. The second-order valence-electron chi connectivity index (χ2n) is 2.32. The highest BCUT2D eigenvalue weighted by molar-refractivity contribution is 5.72. The first-order valence-corrected chi connectivity index (χ1v) is 3.07. The van der Waals surface area contributed by atoms with Gasteiger partial charge in [-0.25, -0.2) is 0 Å². The van der Waals surface area contributed by atoms with E-state index in [0.29, 0.717) is 6.29 Å². The summed E-state index contributed by atoms with van der Waals surface area (Å²) in [6, 6.07) is 0. The maximum Gasteiger partial charge on any atom is 0.316 e. The lowest BCUT2D eigenvalue weighted by Crippen LogP contribution is -2.29. The van der Waals surface area contributed by atoms with E-state index < -0.39 is 6.55 Å². The SMILES string of the molecule is CN1C=C(C=O)N(C(F)F)C1. The van der Waals surface area contributed by atoms with Crippen molar-refractivity contribution in [2.24, 2.45) is 0 Å². The molecular weight excluding hydrogens is 154 g/mol. The molecule has 0 unspecified atom stereocenters. The van der Waals surface area contributed by atoms with Gasteiger partial charge in [-0.3, -0.25) is 9.69 Å². The molecule has 0 bridgehead atoms. The molecule has 0 aromatic heterocycles. The number of rotatable bonds is 2. The third-order valence-corrected chi connectivity index (χ3v) is 1.42. The van der Waals surface area contributed by atoms with Crippen molar-refractivity contribution in [3.63, 3.8) is 0 Å². The molecule has 0 aliphatic carbocycles. The van der Waals surface area contributed by atoms with E-state index in [1.54, 1.807) is 7.05 Å². The van der Waals surface area contributed by atoms with Crippen LogP contribution in [0, 0.1) is 0 Å². The van der Waals surface area contributed by atoms with Gasteiger partial charge in [-0.1, -0.05) is 0 Å². The zero-order chi connectivity index (χ0) is 8.43. The van der Waals surface area contributed by atoms with E-state index >= 15 is 0 Å². The zero-order valence-electron chi connectivity index (χ0n) is 6.00. The second kappa shape index (κ2) is 2.86. The summed E-state index contributed by atoms with van der Waals surface area (Å²) in [5, 5.41) is 0. The number of hydrogen-bond acceptors (Lipinski definition) is 3. The quantitative estimate of drug-likeness (QED) is 0.435. The van der Waals surface area contributed by atoms with Crippen molar-refractivity contribution >= 4 is 6.29 Å². The monoisotopic (exact) mass is 162 g/mol. The molecule has 11 heavy (non-hydrogen) atoms. The summed E-state index contributed by atoms with van der Waals surface area (Å²) in [5.74, 6) is 0. The highest BCUT2D eigenvalue weighted by Gasteiger charge is 2.24. The summed E-state index contributed by atoms with van der Waals surface area (Å²) in [6.07, 6.45) is 1.81. The van der Waals surface area contributed by atoms with Crippen molar-refractivity contribution in [2.45, 2.75) is 6.55 Å². The van der Waals surface area contributed by atoms with E-state index in [1.807, 2.05) is 0 Å². The van der Waals surface area contributed by atoms with Crippen molar-refractivity contribution < 1.29 is 13.6 Å². The summed E-state index contributed by atoms with van der Waals surface area (Å²) in [4.78, 5) is 12.5. The first kappa shape index (κ1) is 7.97. The Hall–Kier alpha value is -1.13. The Kier molecular flexibility index (Phi) is 2.07. The minimum Gasteiger partial charge on any atom is -0.361 e. The van der Waals surface area contributed by atoms with E-state index in [4.69, 9.17) is 0 Å². The molecule has 0 saturated carbocycles. The molecule has 0 aromatic rings. The molecule has 1 rings (SSSR count). The number of carbonyl (C=O) groups is 1. The summed E-state index contributed by atoms with van der Waals surface area (Å²) >= 11 is 0. The maximum atomic E-state index is 12.0. The number of nitrogens with zero attached hydrogens (tertiary/aromatic N) is 2. The molecule has 0 amide bonds. The molecule has 5 heteroatoms. The lowest BCUT2D eigenvalue weighted by atomic mass is 10.5. The van der Waals surface area contributed by atoms with Gasteiger partial charge in [0.05, 0.1) is 12.4 Å². The molecule has 1 heterocycles. The zero-order valence-corrected chi connectivity index (χ0v) is 6.00. The minimum atomic E-state index is -2.60. The Bertz CT molecular complexity index is 193. The Balaban J connectivity index is 2.71. The first-order valence-electron chi connectivity index (χ1n) is 3.07. The van der Waals surface area contributed by atoms with E-state index in [9.17, 15) is 13.6 Å². The Labute approximate surface area is 62.9 Å². The highest BCUT2D eigenvalue weighted by atomic mass is 19.3. The van der Waals surface area contributed by atoms with Gasteiger partial charge in [0.2, 0.25) is 0 Å². The lowest BCUT2D eigenvalue weighted by molar-refractivity contribution is -0.108. The van der Waals surface area contributed by atoms with E-state index in [0.717, 1.165) is 4.90 Å². The summed E-state index contributed by atoms with van der Waals surface area (Å²) < 4.78 is 24.1. The molecule has 0 aromatic carbocycles. The maximum absolute atomic E-state index is 12.0. The Morgan fingerprint density at radius 3 is 2.73 bits per heavy atom. The van der Waals surface area contributed by atoms with Crippen molar-refractivity contribution in [3.05, 3.63) is 11.9 Å². The van der Waals surface area contributed by atoms with Gasteiger partial charge in [0.15, 0.2) is 6.29 Å². The molecule has 0 atom stereocenters. The van der Waals surface area contributed by atoms with Gasteiger partial charge in [-0.15, -0.1) is 0 Å². The fourth-order valence-electron chi connectivity index (χ4n) is 0.935. The van der Waals surface area contributed by atoms with Gasteiger partial charge >= 0.3 is 6.55 Å². The topological polar surface area (TPSA) is 23.6 Å². The van der Waals surface area contributed by atoms with E-state index in [1.165, 1.54) is 11.1 Å². The Morgan fingerprint density at radius 1 is 1.73 bits per heavy atom. The van der Waals surface area contributed by atoms with E-state index in [-0.39, 0.29) is 12.4 Å². The molecule has 3 nitrogen and oxygen atoms in total. The van der Waals surface area contributed by atoms with E-state index in [2.05, 4.69) is 0 Å². The predicted octanol–water partition coefficient (Wildman–Crippen LogP) is 0.454. The van der Waals surface area contributed by atoms with Crippen LogP contribution >= 0.6 is 0 Å². The van der Waals surface area contributed by atoms with Crippen molar-refractivity contribution in [3.8, 4) is 0 Å². The summed E-state index contributed by atoms with van der Waals surface area (Å²) in [7, 11) is 1.63. The lowest BCUT2D eigenvalue weighted by Gasteiger charge is -2.18. The number of aldehydes is 1. The average Bonchev–Trinajstić information content (AvgIpc) is 2.30. The minimum absolute atomic E-state index is 0.0301. The molecule has 0 spiro atoms. The fraction of sp³-hybridized carbons (Fsp3) is 0.500. The van der Waals surface area contributed by atoms with Crippen LogP contribution in [0.5, 0.6) is 0 Å². The van der Waals surface area contributed by atoms with Crippen LogP contribution in [0.2, 0.25) is 0 Å². The number of carbonyl (C=O) groups excluding carboxylic acids is 1. The largest absolute Gasteiger partial charge is 0.361 e. The van der Waals surface area contributed by atoms with Crippen molar-refractivity contribution in [2.75, 3.05) is 13.7 Å². The third-order valence-electron chi connectivity index (χ3n) is 1.42. The van der Waals surface area contributed by atoms with Crippen LogP contribution in [0.1, 0.15) is 0 Å². The molecule has 0 N–H and O–H groups in total. The number of alkyl halides is 2. The standard InChI is InChI=1S/C6H8F2N2O/c1-9-2-5(3-11)10(4-9)6(7)8/h2-3,6H,4H2,1H3. The first-order chi connectivity index (χ1) is 5.15. The second-order valence-corrected chi connectivity index (χ2v) is 2.32. The normalized spacial score (nSPS) is 17.6. The van der Waals surface area contributed by atoms with Crippen LogP contribution in [-0.2, 0) is 4.79 Å². The molecule has 1 aliphatic heterocycles. The summed E-state index contributed by atoms with van der Waals surface area (Å²) in [5.41, 5.74) is 0.0301. The molecule has 62 valence electrons. The van der Waals surface area contributed by atoms with Crippen molar-refractivity contribution in [1.29, 1.82) is 0 Å². The van der Waals surface area contributed by atoms with Crippen LogP contribution < -0.4 is 0 Å². The van der Waals surface area contributed by atoms with Crippen molar-refractivity contribution in [1.82, 2.24) is 9.80 Å². The third kappa shape index (κ3) is 1.47. The van der Waals surface area contributed by atoms with Crippen LogP contribution in [0.4, 0.5) is 8.78 Å². The summed E-state index contributed by atoms with van der Waals surface area (Å²) in [6.45, 7) is -2.53. The molecule has 0 saturated heterocycles. The Morgan fingerprint density at radius 2 is 2.36 bits per heavy atom. The molecular formula is C6H8F2N2O. The molecule has 0 fully saturated rings. The molecule has 0 radical (unpaired) electrons. The van der Waals surface area contributed by atoms with Gasteiger partial charge in [0.25, 0.3) is 0 Å². The van der Waals surface area contributed by atoms with Gasteiger partial charge in [0, 0.05) is 13.2 Å². The average molecular weight is 162 g/mol. The molecule has 1 aliphatic rings.